The number of rotatable bonds is 7. The highest BCUT2D eigenvalue weighted by molar-refractivity contribution is 5.66. The number of carboxylic acid groups (broad SMARTS) is 1. The molecule has 0 aliphatic carbocycles. The van der Waals surface area contributed by atoms with Crippen LogP contribution in [-0.4, -0.2) is 11.1 Å². The fraction of sp³-hybridized carbons (Fsp3) is 0.588. The van der Waals surface area contributed by atoms with Crippen molar-refractivity contribution in [2.45, 2.75) is 64.7 Å². The number of hydrogen-bond donors (Lipinski definition) is 1. The Bertz CT molecular complexity index is 494. The second-order valence-electron chi connectivity index (χ2n) is 6.11. The molecule has 1 N–H and O–H groups in total. The molecule has 2 nitrogen and oxygen atoms in total. The van der Waals surface area contributed by atoms with Crippen LogP contribution in [0.3, 0.4) is 0 Å². The van der Waals surface area contributed by atoms with E-state index in [1.807, 2.05) is 33.8 Å². The van der Waals surface area contributed by atoms with Crippen LogP contribution < -0.4 is 0 Å². The first-order valence-electron chi connectivity index (χ1n) is 7.39. The summed E-state index contributed by atoms with van der Waals surface area (Å²) in [7, 11) is 0. The van der Waals surface area contributed by atoms with Crippen molar-refractivity contribution < 1.29 is 18.7 Å². The van der Waals surface area contributed by atoms with Crippen molar-refractivity contribution in [2.24, 2.45) is 0 Å². The van der Waals surface area contributed by atoms with Crippen LogP contribution in [0.2, 0.25) is 0 Å². The van der Waals surface area contributed by atoms with Gasteiger partial charge in [-0.15, -0.1) is 0 Å². The van der Waals surface area contributed by atoms with E-state index in [4.69, 9.17) is 5.11 Å². The smallest absolute Gasteiger partial charge is 0.303 e. The molecule has 0 aromatic heterocycles. The summed E-state index contributed by atoms with van der Waals surface area (Å²) < 4.78 is 28.7. The van der Waals surface area contributed by atoms with Crippen LogP contribution in [0.25, 0.3) is 0 Å². The van der Waals surface area contributed by atoms with Crippen LogP contribution in [0.4, 0.5) is 8.78 Å². The van der Waals surface area contributed by atoms with Crippen LogP contribution >= 0.6 is 0 Å². The fourth-order valence-electron chi connectivity index (χ4n) is 2.35. The zero-order chi connectivity index (χ0) is 16.2. The quantitative estimate of drug-likeness (QED) is 0.743. The Hall–Kier alpha value is -1.45. The van der Waals surface area contributed by atoms with Gasteiger partial charge in [0.1, 0.15) is 0 Å². The highest BCUT2D eigenvalue weighted by Gasteiger charge is 2.34. The molecule has 0 bridgehead atoms. The molecule has 0 heterocycles. The van der Waals surface area contributed by atoms with Gasteiger partial charge in [-0.3, -0.25) is 4.79 Å². The van der Waals surface area contributed by atoms with Crippen molar-refractivity contribution in [1.29, 1.82) is 0 Å². The van der Waals surface area contributed by atoms with Crippen molar-refractivity contribution in [3.8, 4) is 0 Å². The molecular weight excluding hydrogens is 274 g/mol. The Morgan fingerprint density at radius 3 is 2.29 bits per heavy atom. The summed E-state index contributed by atoms with van der Waals surface area (Å²) in [4.78, 5) is 10.5. The number of alkyl halides is 2. The predicted octanol–water partition coefficient (Wildman–Crippen LogP) is 5.28. The first kappa shape index (κ1) is 17.6. The van der Waals surface area contributed by atoms with E-state index in [1.165, 1.54) is 6.07 Å². The lowest BCUT2D eigenvalue weighted by Gasteiger charge is -2.23. The molecule has 0 atom stereocenters. The maximum Gasteiger partial charge on any atom is 0.303 e. The SMILES string of the molecule is CC(C)c1ccc(C(F)(F)CCCC(=O)O)c(C(C)C)c1. The van der Waals surface area contributed by atoms with Crippen LogP contribution in [0.15, 0.2) is 18.2 Å². The lowest BCUT2D eigenvalue weighted by molar-refractivity contribution is -0.137. The first-order chi connectivity index (χ1) is 9.65. The summed E-state index contributed by atoms with van der Waals surface area (Å²) in [5.74, 6) is -3.73. The molecule has 1 aromatic carbocycles. The molecule has 0 fully saturated rings. The average molecular weight is 298 g/mol. The largest absolute Gasteiger partial charge is 0.481 e. The minimum Gasteiger partial charge on any atom is -0.481 e. The van der Waals surface area contributed by atoms with Crippen molar-refractivity contribution in [3.05, 3.63) is 34.9 Å². The van der Waals surface area contributed by atoms with Crippen molar-refractivity contribution >= 4 is 5.97 Å². The predicted molar refractivity (Wildman–Crippen MR) is 80.0 cm³/mol. The molecule has 4 heteroatoms. The molecule has 0 saturated heterocycles. The topological polar surface area (TPSA) is 37.3 Å². The Labute approximate surface area is 125 Å². The van der Waals surface area contributed by atoms with E-state index < -0.39 is 18.3 Å². The molecule has 0 saturated carbocycles. The number of hydrogen-bond acceptors (Lipinski definition) is 1. The number of halogens is 2. The van der Waals surface area contributed by atoms with Gasteiger partial charge in [0.2, 0.25) is 0 Å². The molecule has 0 aliphatic rings. The van der Waals surface area contributed by atoms with Gasteiger partial charge in [-0.2, -0.15) is 0 Å². The van der Waals surface area contributed by atoms with Crippen LogP contribution in [0, 0.1) is 0 Å². The molecule has 0 unspecified atom stereocenters. The summed E-state index contributed by atoms with van der Waals surface area (Å²) in [5, 5.41) is 8.58. The van der Waals surface area contributed by atoms with Crippen LogP contribution in [0.1, 0.15) is 75.5 Å². The fourth-order valence-corrected chi connectivity index (χ4v) is 2.35. The minimum absolute atomic E-state index is 0.00375. The van der Waals surface area contributed by atoms with Gasteiger partial charge in [-0.05, 0) is 29.4 Å². The number of carboxylic acids is 1. The lowest BCUT2D eigenvalue weighted by Crippen LogP contribution is -2.17. The van der Waals surface area contributed by atoms with Crippen molar-refractivity contribution in [1.82, 2.24) is 0 Å². The van der Waals surface area contributed by atoms with Gasteiger partial charge in [0.15, 0.2) is 0 Å². The molecule has 21 heavy (non-hydrogen) atoms. The van der Waals surface area contributed by atoms with E-state index in [9.17, 15) is 13.6 Å². The van der Waals surface area contributed by atoms with E-state index in [0.717, 1.165) is 5.56 Å². The van der Waals surface area contributed by atoms with E-state index in [-0.39, 0.29) is 30.2 Å². The molecule has 0 amide bonds. The van der Waals surface area contributed by atoms with Crippen LogP contribution in [-0.2, 0) is 10.7 Å². The van der Waals surface area contributed by atoms with Gasteiger partial charge >= 0.3 is 5.97 Å². The second-order valence-corrected chi connectivity index (χ2v) is 6.11. The summed E-state index contributed by atoms with van der Waals surface area (Å²) in [6, 6.07) is 5.11. The molecular formula is C17H24F2O2. The normalized spacial score (nSPS) is 12.2. The maximum absolute atomic E-state index is 14.4. The molecule has 0 radical (unpaired) electrons. The van der Waals surface area contributed by atoms with E-state index in [0.29, 0.717) is 5.56 Å². The maximum atomic E-state index is 14.4. The van der Waals surface area contributed by atoms with E-state index in [1.54, 1.807) is 6.07 Å². The number of carbonyl (C=O) groups is 1. The monoisotopic (exact) mass is 298 g/mol. The van der Waals surface area contributed by atoms with E-state index in [2.05, 4.69) is 0 Å². The van der Waals surface area contributed by atoms with Gasteiger partial charge in [-0.1, -0.05) is 45.9 Å². The summed E-state index contributed by atoms with van der Waals surface area (Å²) in [6.07, 6.45) is -0.678. The third-order valence-corrected chi connectivity index (χ3v) is 3.64. The Balaban J connectivity index is 3.06. The van der Waals surface area contributed by atoms with Crippen molar-refractivity contribution in [3.63, 3.8) is 0 Å². The second kappa shape index (κ2) is 7.01. The van der Waals surface area contributed by atoms with Crippen LogP contribution in [0.5, 0.6) is 0 Å². The Morgan fingerprint density at radius 2 is 1.81 bits per heavy atom. The van der Waals surface area contributed by atoms with E-state index >= 15 is 0 Å². The minimum atomic E-state index is -2.98. The molecule has 1 rings (SSSR count). The van der Waals surface area contributed by atoms with Crippen molar-refractivity contribution in [2.75, 3.05) is 0 Å². The summed E-state index contributed by atoms with van der Waals surface area (Å²) in [6.45, 7) is 7.86. The molecule has 0 spiro atoms. The highest BCUT2D eigenvalue weighted by atomic mass is 19.3. The van der Waals surface area contributed by atoms with Gasteiger partial charge in [0.05, 0.1) is 0 Å². The van der Waals surface area contributed by atoms with Gasteiger partial charge in [0, 0.05) is 18.4 Å². The first-order valence-corrected chi connectivity index (χ1v) is 7.39. The Morgan fingerprint density at radius 1 is 1.19 bits per heavy atom. The third kappa shape index (κ3) is 4.80. The zero-order valence-corrected chi connectivity index (χ0v) is 13.1. The lowest BCUT2D eigenvalue weighted by atomic mass is 9.87. The third-order valence-electron chi connectivity index (χ3n) is 3.64. The Kier molecular flexibility index (Phi) is 5.87. The number of aliphatic carboxylic acids is 1. The molecule has 118 valence electrons. The molecule has 0 aliphatic heterocycles. The summed E-state index contributed by atoms with van der Waals surface area (Å²) >= 11 is 0. The van der Waals surface area contributed by atoms with Gasteiger partial charge < -0.3 is 5.11 Å². The number of benzene rings is 1. The zero-order valence-electron chi connectivity index (χ0n) is 13.1. The van der Waals surface area contributed by atoms with Gasteiger partial charge in [0.25, 0.3) is 5.92 Å². The standard InChI is InChI=1S/C17H24F2O2/c1-11(2)13-7-8-15(14(10-13)12(3)4)17(18,19)9-5-6-16(20)21/h7-8,10-12H,5-6,9H2,1-4H3,(H,20,21). The summed E-state index contributed by atoms with van der Waals surface area (Å²) in [5.41, 5.74) is 1.73. The molecule has 1 aromatic rings. The van der Waals surface area contributed by atoms with Gasteiger partial charge in [-0.25, -0.2) is 8.78 Å². The highest BCUT2D eigenvalue weighted by Crippen LogP contribution is 2.39. The average Bonchev–Trinajstić information content (AvgIpc) is 2.37.